The van der Waals surface area contributed by atoms with E-state index in [2.05, 4.69) is 24.3 Å². The molecule has 0 aromatic heterocycles. The highest BCUT2D eigenvalue weighted by Crippen LogP contribution is 2.39. The van der Waals surface area contributed by atoms with Crippen LogP contribution in [0.15, 0.2) is 26.9 Å². The number of halogens is 2. The van der Waals surface area contributed by atoms with E-state index >= 15 is 0 Å². The zero-order valence-corrected chi connectivity index (χ0v) is 11.9. The zero-order chi connectivity index (χ0) is 13.4. The van der Waals surface area contributed by atoms with Crippen molar-refractivity contribution in [3.8, 4) is 0 Å². The molecule has 0 saturated heterocycles. The predicted molar refractivity (Wildman–Crippen MR) is 75.6 cm³/mol. The summed E-state index contributed by atoms with van der Waals surface area (Å²) in [4.78, 5) is 4.89. The van der Waals surface area contributed by atoms with Gasteiger partial charge in [-0.1, -0.05) is 20.8 Å². The third kappa shape index (κ3) is 4.68. The van der Waals surface area contributed by atoms with Crippen molar-refractivity contribution in [2.24, 2.45) is 4.99 Å². The van der Waals surface area contributed by atoms with Gasteiger partial charge in [0.25, 0.3) is 6.43 Å². The number of thioether (sulfide) groups is 1. The normalized spacial score (nSPS) is 9.82. The Morgan fingerprint density at radius 3 is 2.41 bits per heavy atom. The van der Waals surface area contributed by atoms with Gasteiger partial charge in [0.05, 0.1) is 5.69 Å². The lowest BCUT2D eigenvalue weighted by molar-refractivity contribution is 0.151. The molecule has 1 rings (SSSR count). The maximum Gasteiger partial charge on any atom is 0.266 e. The van der Waals surface area contributed by atoms with Gasteiger partial charge < -0.3 is 0 Å². The Kier molecular flexibility index (Phi) is 8.25. The quantitative estimate of drug-likeness (QED) is 0.442. The number of benzene rings is 1. The molecule has 0 aliphatic rings. The molecular weight excluding hydrogens is 260 g/mol. The Hall–Kier alpha value is -0.550. The maximum absolute atomic E-state index is 12.7. The lowest BCUT2D eigenvalue weighted by Gasteiger charge is -2.10. The Bertz CT molecular complexity index is 368. The van der Waals surface area contributed by atoms with Crippen molar-refractivity contribution >= 4 is 36.8 Å². The van der Waals surface area contributed by atoms with Crippen LogP contribution in [0.1, 0.15) is 32.8 Å². The molecule has 0 unspecified atom stereocenters. The zero-order valence-electron chi connectivity index (χ0n) is 10.2. The molecule has 5 heteroatoms. The second kappa shape index (κ2) is 8.53. The number of hydrogen-bond acceptors (Lipinski definition) is 3. The van der Waals surface area contributed by atoms with Crippen molar-refractivity contribution in [2.75, 3.05) is 5.75 Å². The lowest BCUT2D eigenvalue weighted by atomic mass is 10.2. The monoisotopic (exact) mass is 277 g/mol. The molecule has 0 heterocycles. The van der Waals surface area contributed by atoms with Gasteiger partial charge >= 0.3 is 0 Å². The highest BCUT2D eigenvalue weighted by Gasteiger charge is 2.16. The minimum absolute atomic E-state index is 0.103. The van der Waals surface area contributed by atoms with Crippen molar-refractivity contribution in [1.29, 1.82) is 0 Å². The molecule has 1 aromatic carbocycles. The molecule has 0 atom stereocenters. The summed E-state index contributed by atoms with van der Waals surface area (Å²) >= 11 is 5.54. The summed E-state index contributed by atoms with van der Waals surface area (Å²) in [6.07, 6.45) is -2.55. The molecule has 0 aliphatic carbocycles. The summed E-state index contributed by atoms with van der Waals surface area (Å²) in [5.74, 6) is 0.794. The van der Waals surface area contributed by atoms with Crippen LogP contribution in [0.4, 0.5) is 14.5 Å². The second-order valence-electron chi connectivity index (χ2n) is 2.77. The Morgan fingerprint density at radius 1 is 1.41 bits per heavy atom. The SMILES string of the molecule is C=Nc1c(SCC)cc(S)cc1C(F)F.CC. The topological polar surface area (TPSA) is 12.4 Å². The van der Waals surface area contributed by atoms with Gasteiger partial charge in [0, 0.05) is 15.4 Å². The summed E-state index contributed by atoms with van der Waals surface area (Å²) in [5, 5.41) is 0. The first-order chi connectivity index (χ1) is 8.10. The van der Waals surface area contributed by atoms with E-state index < -0.39 is 6.43 Å². The number of rotatable bonds is 4. The van der Waals surface area contributed by atoms with Gasteiger partial charge in [-0.05, 0) is 24.6 Å². The second-order valence-corrected chi connectivity index (χ2v) is 4.60. The lowest BCUT2D eigenvalue weighted by Crippen LogP contribution is -1.88. The number of hydrogen-bond donors (Lipinski definition) is 1. The molecule has 0 saturated carbocycles. The van der Waals surface area contributed by atoms with E-state index in [-0.39, 0.29) is 11.3 Å². The van der Waals surface area contributed by atoms with Crippen LogP contribution in [0.25, 0.3) is 0 Å². The molecular formula is C12H17F2NS2. The Morgan fingerprint density at radius 2 is 2.00 bits per heavy atom. The molecule has 96 valence electrons. The van der Waals surface area contributed by atoms with Gasteiger partial charge in [-0.2, -0.15) is 0 Å². The summed E-state index contributed by atoms with van der Waals surface area (Å²) in [6, 6.07) is 3.06. The van der Waals surface area contributed by atoms with E-state index in [0.717, 1.165) is 5.75 Å². The van der Waals surface area contributed by atoms with E-state index in [1.54, 1.807) is 6.07 Å². The smallest absolute Gasteiger partial charge is 0.263 e. The number of alkyl halides is 2. The molecule has 1 aromatic rings. The first kappa shape index (κ1) is 16.4. The van der Waals surface area contributed by atoms with Crippen LogP contribution < -0.4 is 0 Å². The standard InChI is InChI=1S/C10H11F2NS2.C2H6/c1-3-15-8-5-6(14)4-7(10(11)12)9(8)13-2;1-2/h4-5,10,14H,2-3H2,1H3;1-2H3. The van der Waals surface area contributed by atoms with Crippen molar-refractivity contribution in [3.05, 3.63) is 17.7 Å². The van der Waals surface area contributed by atoms with Crippen LogP contribution in [0.5, 0.6) is 0 Å². The van der Waals surface area contributed by atoms with Crippen LogP contribution in [0.2, 0.25) is 0 Å². The predicted octanol–water partition coefficient (Wildman–Crippen LogP) is 5.38. The van der Waals surface area contributed by atoms with Crippen molar-refractivity contribution in [3.63, 3.8) is 0 Å². The van der Waals surface area contributed by atoms with Crippen LogP contribution in [-0.2, 0) is 0 Å². The third-order valence-corrected chi connectivity index (χ3v) is 2.95. The minimum atomic E-state index is -2.55. The summed E-state index contributed by atoms with van der Waals surface area (Å²) in [7, 11) is 0. The molecule has 0 amide bonds. The fourth-order valence-electron chi connectivity index (χ4n) is 1.22. The van der Waals surface area contributed by atoms with E-state index in [4.69, 9.17) is 0 Å². The highest BCUT2D eigenvalue weighted by atomic mass is 32.2. The first-order valence-electron chi connectivity index (χ1n) is 5.34. The van der Waals surface area contributed by atoms with Crippen molar-refractivity contribution < 1.29 is 8.78 Å². The van der Waals surface area contributed by atoms with E-state index in [1.165, 1.54) is 17.8 Å². The average Bonchev–Trinajstić information content (AvgIpc) is 2.31. The van der Waals surface area contributed by atoms with Crippen LogP contribution >= 0.6 is 24.4 Å². The fraction of sp³-hybridized carbons (Fsp3) is 0.417. The van der Waals surface area contributed by atoms with Crippen molar-refractivity contribution in [1.82, 2.24) is 0 Å². The molecule has 0 radical (unpaired) electrons. The van der Waals surface area contributed by atoms with Crippen LogP contribution in [0.3, 0.4) is 0 Å². The molecule has 0 bridgehead atoms. The molecule has 1 nitrogen and oxygen atoms in total. The molecule has 17 heavy (non-hydrogen) atoms. The van der Waals surface area contributed by atoms with Crippen LogP contribution in [-0.4, -0.2) is 12.5 Å². The molecule has 0 spiro atoms. The summed E-state index contributed by atoms with van der Waals surface area (Å²) < 4.78 is 25.4. The molecule has 0 N–H and O–H groups in total. The fourth-order valence-corrected chi connectivity index (χ4v) is 2.41. The maximum atomic E-state index is 12.7. The van der Waals surface area contributed by atoms with Gasteiger partial charge in [-0.15, -0.1) is 24.4 Å². The van der Waals surface area contributed by atoms with E-state index in [9.17, 15) is 8.78 Å². The Balaban J connectivity index is 0.00000121. The van der Waals surface area contributed by atoms with E-state index in [0.29, 0.717) is 9.79 Å². The summed E-state index contributed by atoms with van der Waals surface area (Å²) in [5.41, 5.74) is 0.170. The number of nitrogens with zero attached hydrogens (tertiary/aromatic N) is 1. The van der Waals surface area contributed by atoms with Gasteiger partial charge in [0.15, 0.2) is 0 Å². The Labute approximate surface area is 111 Å². The third-order valence-electron chi connectivity index (χ3n) is 1.78. The minimum Gasteiger partial charge on any atom is -0.263 e. The van der Waals surface area contributed by atoms with Crippen molar-refractivity contribution in [2.45, 2.75) is 37.0 Å². The molecule has 0 fully saturated rings. The van der Waals surface area contributed by atoms with Gasteiger partial charge in [0.2, 0.25) is 0 Å². The molecule has 0 aliphatic heterocycles. The van der Waals surface area contributed by atoms with E-state index in [1.807, 2.05) is 20.8 Å². The van der Waals surface area contributed by atoms with Gasteiger partial charge in [0.1, 0.15) is 0 Å². The first-order valence-corrected chi connectivity index (χ1v) is 6.78. The average molecular weight is 277 g/mol. The highest BCUT2D eigenvalue weighted by molar-refractivity contribution is 7.99. The van der Waals surface area contributed by atoms with Gasteiger partial charge in [-0.3, -0.25) is 4.99 Å². The van der Waals surface area contributed by atoms with Gasteiger partial charge in [-0.25, -0.2) is 8.78 Å². The van der Waals surface area contributed by atoms with Crippen LogP contribution in [0, 0.1) is 0 Å². The largest absolute Gasteiger partial charge is 0.266 e. The number of aliphatic imine (C=N–C) groups is 1. The number of thiol groups is 1. The summed E-state index contributed by atoms with van der Waals surface area (Å²) in [6.45, 7) is 9.27.